The summed E-state index contributed by atoms with van der Waals surface area (Å²) in [5.41, 5.74) is 6.81. The van der Waals surface area contributed by atoms with Gasteiger partial charge in [0.2, 0.25) is 0 Å². The van der Waals surface area contributed by atoms with Crippen LogP contribution in [0.3, 0.4) is 0 Å². The highest BCUT2D eigenvalue weighted by atomic mass is 16.5. The molecule has 0 unspecified atom stereocenters. The van der Waals surface area contributed by atoms with E-state index in [-0.39, 0.29) is 0 Å². The van der Waals surface area contributed by atoms with Crippen LogP contribution in [0.25, 0.3) is 0 Å². The van der Waals surface area contributed by atoms with Crippen LogP contribution in [0, 0.1) is 5.41 Å². The predicted octanol–water partition coefficient (Wildman–Crippen LogP) is 2.30. The van der Waals surface area contributed by atoms with Gasteiger partial charge in [0.1, 0.15) is 11.6 Å². The van der Waals surface area contributed by atoms with Gasteiger partial charge in [0.25, 0.3) is 0 Å². The molecule has 0 aliphatic carbocycles. The number of nitrogen functional groups attached to an aromatic ring is 1. The Kier molecular flexibility index (Phi) is 3.13. The molecule has 4 heteroatoms. The second-order valence-corrected chi connectivity index (χ2v) is 5.44. The molecule has 2 rings (SSSR count). The molecule has 1 aromatic heterocycles. The Labute approximate surface area is 103 Å². The fraction of sp³-hybridized carbons (Fsp3) is 0.615. The molecule has 2 N–H and O–H groups in total. The van der Waals surface area contributed by atoms with E-state index in [1.165, 1.54) is 12.8 Å². The average molecular weight is 235 g/mol. The minimum atomic E-state index is 0.453. The normalized spacial score (nSPS) is 19.1. The fourth-order valence-corrected chi connectivity index (χ4v) is 2.13. The lowest BCUT2D eigenvalue weighted by Crippen LogP contribution is -2.37. The van der Waals surface area contributed by atoms with Gasteiger partial charge in [-0.15, -0.1) is 0 Å². The first-order valence-corrected chi connectivity index (χ1v) is 6.06. The number of methoxy groups -OCH3 is 1. The lowest BCUT2D eigenvalue weighted by Gasteiger charge is -2.37. The number of rotatable bonds is 2. The summed E-state index contributed by atoms with van der Waals surface area (Å²) in [5.74, 6) is 1.67. The number of piperidine rings is 1. The van der Waals surface area contributed by atoms with Crippen LogP contribution in [0.5, 0.6) is 5.75 Å². The van der Waals surface area contributed by atoms with E-state index in [4.69, 9.17) is 10.5 Å². The molecule has 1 aromatic rings. The number of hydrogen-bond acceptors (Lipinski definition) is 4. The Morgan fingerprint density at radius 3 is 2.59 bits per heavy atom. The molecule has 17 heavy (non-hydrogen) atoms. The van der Waals surface area contributed by atoms with Crippen molar-refractivity contribution in [3.8, 4) is 5.75 Å². The predicted molar refractivity (Wildman–Crippen MR) is 70.4 cm³/mol. The average Bonchev–Trinajstić information content (AvgIpc) is 2.30. The van der Waals surface area contributed by atoms with Crippen molar-refractivity contribution in [2.24, 2.45) is 5.41 Å². The van der Waals surface area contributed by atoms with Gasteiger partial charge in [0.15, 0.2) is 0 Å². The van der Waals surface area contributed by atoms with Gasteiger partial charge in [-0.1, -0.05) is 13.8 Å². The molecule has 94 valence electrons. The summed E-state index contributed by atoms with van der Waals surface area (Å²) in [4.78, 5) is 6.68. The first-order valence-electron chi connectivity index (χ1n) is 6.06. The lowest BCUT2D eigenvalue weighted by atomic mass is 9.83. The van der Waals surface area contributed by atoms with E-state index in [2.05, 4.69) is 23.7 Å². The quantitative estimate of drug-likeness (QED) is 0.854. The van der Waals surface area contributed by atoms with Crippen LogP contribution in [0.1, 0.15) is 26.7 Å². The third-order valence-corrected chi connectivity index (χ3v) is 3.54. The molecule has 0 bridgehead atoms. The molecule has 0 aromatic carbocycles. The second kappa shape index (κ2) is 4.43. The standard InChI is InChI=1S/C13H21N3O/c1-13(2)4-6-16(7-5-13)12-8-11(17-3)10(14)9-15-12/h8-9H,4-7,14H2,1-3H3. The van der Waals surface area contributed by atoms with E-state index in [9.17, 15) is 0 Å². The molecule has 1 fully saturated rings. The highest BCUT2D eigenvalue weighted by Gasteiger charge is 2.26. The molecular weight excluding hydrogens is 214 g/mol. The summed E-state index contributed by atoms with van der Waals surface area (Å²) < 4.78 is 5.23. The molecule has 0 spiro atoms. The van der Waals surface area contributed by atoms with Crippen molar-refractivity contribution in [1.82, 2.24) is 4.98 Å². The topological polar surface area (TPSA) is 51.4 Å². The summed E-state index contributed by atoms with van der Waals surface area (Å²) in [6.07, 6.45) is 4.07. The van der Waals surface area contributed by atoms with Gasteiger partial charge in [0.05, 0.1) is 19.0 Å². The summed E-state index contributed by atoms with van der Waals surface area (Å²) in [5, 5.41) is 0. The molecule has 2 heterocycles. The number of anilines is 2. The molecule has 1 aliphatic heterocycles. The SMILES string of the molecule is COc1cc(N2CCC(C)(C)CC2)ncc1N. The van der Waals surface area contributed by atoms with Gasteiger partial charge in [-0.2, -0.15) is 0 Å². The Balaban J connectivity index is 2.13. The number of nitrogens with two attached hydrogens (primary N) is 1. The zero-order valence-electron chi connectivity index (χ0n) is 10.9. The fourth-order valence-electron chi connectivity index (χ4n) is 2.13. The van der Waals surface area contributed by atoms with Crippen LogP contribution in [0.15, 0.2) is 12.3 Å². The molecule has 4 nitrogen and oxygen atoms in total. The third kappa shape index (κ3) is 2.62. The monoisotopic (exact) mass is 235 g/mol. The van der Waals surface area contributed by atoms with Gasteiger partial charge in [0, 0.05) is 19.2 Å². The molecule has 0 atom stereocenters. The van der Waals surface area contributed by atoms with E-state index >= 15 is 0 Å². The third-order valence-electron chi connectivity index (χ3n) is 3.54. The van der Waals surface area contributed by atoms with E-state index in [1.54, 1.807) is 13.3 Å². The van der Waals surface area contributed by atoms with E-state index in [1.807, 2.05) is 6.07 Å². The van der Waals surface area contributed by atoms with Gasteiger partial charge in [-0.3, -0.25) is 0 Å². The molecule has 1 aliphatic rings. The van der Waals surface area contributed by atoms with Crippen LogP contribution < -0.4 is 15.4 Å². The van der Waals surface area contributed by atoms with Crippen LogP contribution in [-0.4, -0.2) is 25.2 Å². The number of ether oxygens (including phenoxy) is 1. The summed E-state index contributed by atoms with van der Waals surface area (Å²) in [7, 11) is 1.63. The van der Waals surface area contributed by atoms with E-state index in [0.717, 1.165) is 18.9 Å². The van der Waals surface area contributed by atoms with Crippen LogP contribution in [0.4, 0.5) is 11.5 Å². The van der Waals surface area contributed by atoms with Crippen LogP contribution in [0.2, 0.25) is 0 Å². The van der Waals surface area contributed by atoms with Crippen molar-refractivity contribution in [2.45, 2.75) is 26.7 Å². The molecule has 0 saturated carbocycles. The van der Waals surface area contributed by atoms with Crippen LogP contribution >= 0.6 is 0 Å². The first kappa shape index (κ1) is 12.0. The van der Waals surface area contributed by atoms with Gasteiger partial charge in [-0.05, 0) is 18.3 Å². The summed E-state index contributed by atoms with van der Waals surface area (Å²) in [6, 6.07) is 1.92. The molecule has 0 radical (unpaired) electrons. The zero-order valence-corrected chi connectivity index (χ0v) is 10.9. The van der Waals surface area contributed by atoms with Crippen molar-refractivity contribution < 1.29 is 4.74 Å². The number of pyridine rings is 1. The number of hydrogen-bond donors (Lipinski definition) is 1. The largest absolute Gasteiger partial charge is 0.494 e. The maximum absolute atomic E-state index is 5.77. The Hall–Kier alpha value is -1.45. The van der Waals surface area contributed by atoms with Crippen molar-refractivity contribution >= 4 is 11.5 Å². The number of aromatic nitrogens is 1. The zero-order chi connectivity index (χ0) is 12.5. The molecular formula is C13H21N3O. The first-order chi connectivity index (χ1) is 8.02. The van der Waals surface area contributed by atoms with E-state index < -0.39 is 0 Å². The maximum Gasteiger partial charge on any atom is 0.147 e. The Morgan fingerprint density at radius 1 is 1.35 bits per heavy atom. The Morgan fingerprint density at radius 2 is 2.00 bits per heavy atom. The Bertz CT molecular complexity index is 394. The summed E-state index contributed by atoms with van der Waals surface area (Å²) >= 11 is 0. The van der Waals surface area contributed by atoms with Crippen molar-refractivity contribution in [1.29, 1.82) is 0 Å². The number of nitrogens with zero attached hydrogens (tertiary/aromatic N) is 2. The van der Waals surface area contributed by atoms with Crippen molar-refractivity contribution in [3.05, 3.63) is 12.3 Å². The summed E-state index contributed by atoms with van der Waals surface area (Å²) in [6.45, 7) is 6.74. The lowest BCUT2D eigenvalue weighted by molar-refractivity contribution is 0.279. The van der Waals surface area contributed by atoms with Crippen molar-refractivity contribution in [3.63, 3.8) is 0 Å². The van der Waals surface area contributed by atoms with Gasteiger partial charge < -0.3 is 15.4 Å². The highest BCUT2D eigenvalue weighted by molar-refractivity contribution is 5.57. The molecule has 1 saturated heterocycles. The smallest absolute Gasteiger partial charge is 0.147 e. The van der Waals surface area contributed by atoms with Crippen LogP contribution in [-0.2, 0) is 0 Å². The second-order valence-electron chi connectivity index (χ2n) is 5.44. The van der Waals surface area contributed by atoms with Crippen molar-refractivity contribution in [2.75, 3.05) is 30.8 Å². The van der Waals surface area contributed by atoms with Gasteiger partial charge in [-0.25, -0.2) is 4.98 Å². The highest BCUT2D eigenvalue weighted by Crippen LogP contribution is 2.33. The minimum Gasteiger partial charge on any atom is -0.494 e. The van der Waals surface area contributed by atoms with E-state index in [0.29, 0.717) is 16.9 Å². The van der Waals surface area contributed by atoms with Gasteiger partial charge >= 0.3 is 0 Å². The maximum atomic E-state index is 5.77. The minimum absolute atomic E-state index is 0.453. The molecule has 0 amide bonds.